The Morgan fingerprint density at radius 3 is 2.93 bits per heavy atom. The number of anilines is 1. The van der Waals surface area contributed by atoms with E-state index < -0.39 is 0 Å². The molecule has 1 aromatic rings. The van der Waals surface area contributed by atoms with Crippen molar-refractivity contribution in [1.82, 2.24) is 9.78 Å². The Hall–Kier alpha value is -1.83. The van der Waals surface area contributed by atoms with Crippen molar-refractivity contribution in [1.29, 1.82) is 5.26 Å². The largest absolute Gasteiger partial charge is 0.381 e. The van der Waals surface area contributed by atoms with E-state index in [0.717, 1.165) is 4.68 Å². The third-order valence-corrected chi connectivity index (χ3v) is 1.55. The minimum absolute atomic E-state index is 0.0131. The van der Waals surface area contributed by atoms with E-state index in [1.54, 1.807) is 6.20 Å². The van der Waals surface area contributed by atoms with Crippen LogP contribution in [0.4, 0.5) is 5.69 Å². The molecule has 0 aliphatic rings. The first kappa shape index (κ1) is 10.3. The summed E-state index contributed by atoms with van der Waals surface area (Å²) in [5.74, 6) is 0. The van der Waals surface area contributed by atoms with Gasteiger partial charge < -0.3 is 5.32 Å². The SMILES string of the molecule is CC(C)Nc1cnn(CC#N)c(=O)c1. The molecule has 0 fully saturated rings. The second kappa shape index (κ2) is 4.42. The normalized spacial score (nSPS) is 9.86. The van der Waals surface area contributed by atoms with Gasteiger partial charge >= 0.3 is 0 Å². The van der Waals surface area contributed by atoms with Crippen LogP contribution in [0.1, 0.15) is 13.8 Å². The zero-order chi connectivity index (χ0) is 10.6. The summed E-state index contributed by atoms with van der Waals surface area (Å²) in [5.41, 5.74) is 0.413. The maximum atomic E-state index is 11.3. The Kier molecular flexibility index (Phi) is 3.24. The minimum atomic E-state index is -0.266. The van der Waals surface area contributed by atoms with E-state index in [0.29, 0.717) is 5.69 Å². The highest BCUT2D eigenvalue weighted by atomic mass is 16.1. The predicted molar refractivity (Wildman–Crippen MR) is 52.9 cm³/mol. The molecule has 0 radical (unpaired) electrons. The molecule has 5 nitrogen and oxygen atoms in total. The number of rotatable bonds is 3. The zero-order valence-corrected chi connectivity index (χ0v) is 8.19. The monoisotopic (exact) mass is 192 g/mol. The van der Waals surface area contributed by atoms with Crippen molar-refractivity contribution in [2.75, 3.05) is 5.32 Å². The number of nitriles is 1. The van der Waals surface area contributed by atoms with E-state index in [1.807, 2.05) is 19.9 Å². The average Bonchev–Trinajstić information content (AvgIpc) is 2.09. The molecule has 1 heterocycles. The van der Waals surface area contributed by atoms with E-state index in [2.05, 4.69) is 10.4 Å². The van der Waals surface area contributed by atoms with Crippen LogP contribution in [-0.4, -0.2) is 15.8 Å². The van der Waals surface area contributed by atoms with Crippen LogP contribution >= 0.6 is 0 Å². The lowest BCUT2D eigenvalue weighted by molar-refractivity contribution is 0.658. The summed E-state index contributed by atoms with van der Waals surface area (Å²) < 4.78 is 1.12. The molecular weight excluding hydrogens is 180 g/mol. The number of aromatic nitrogens is 2. The van der Waals surface area contributed by atoms with Gasteiger partial charge in [0.25, 0.3) is 5.56 Å². The van der Waals surface area contributed by atoms with Gasteiger partial charge in [0.05, 0.1) is 18.0 Å². The Morgan fingerprint density at radius 2 is 2.43 bits per heavy atom. The summed E-state index contributed by atoms with van der Waals surface area (Å²) in [7, 11) is 0. The van der Waals surface area contributed by atoms with Crippen molar-refractivity contribution < 1.29 is 0 Å². The van der Waals surface area contributed by atoms with Gasteiger partial charge in [0.1, 0.15) is 6.54 Å². The zero-order valence-electron chi connectivity index (χ0n) is 8.19. The number of hydrogen-bond acceptors (Lipinski definition) is 4. The first-order valence-electron chi connectivity index (χ1n) is 4.34. The maximum Gasteiger partial charge on any atom is 0.269 e. The van der Waals surface area contributed by atoms with E-state index >= 15 is 0 Å². The lowest BCUT2D eigenvalue weighted by Crippen LogP contribution is -2.23. The van der Waals surface area contributed by atoms with Crippen LogP contribution in [0.5, 0.6) is 0 Å². The number of nitrogens with zero attached hydrogens (tertiary/aromatic N) is 3. The minimum Gasteiger partial charge on any atom is -0.381 e. The average molecular weight is 192 g/mol. The fourth-order valence-corrected chi connectivity index (χ4v) is 1.03. The summed E-state index contributed by atoms with van der Waals surface area (Å²) in [6.45, 7) is 3.93. The lowest BCUT2D eigenvalue weighted by atomic mass is 10.3. The summed E-state index contributed by atoms with van der Waals surface area (Å²) in [5, 5.41) is 15.3. The van der Waals surface area contributed by atoms with Crippen molar-refractivity contribution in [2.45, 2.75) is 26.4 Å². The number of hydrogen-bond donors (Lipinski definition) is 1. The molecule has 0 atom stereocenters. The van der Waals surface area contributed by atoms with Crippen molar-refractivity contribution >= 4 is 5.69 Å². The highest BCUT2D eigenvalue weighted by molar-refractivity contribution is 5.39. The molecule has 0 aliphatic carbocycles. The predicted octanol–water partition coefficient (Wildman–Crippen LogP) is 0.587. The van der Waals surface area contributed by atoms with Gasteiger partial charge in [0, 0.05) is 12.1 Å². The third kappa shape index (κ3) is 2.59. The van der Waals surface area contributed by atoms with E-state index in [-0.39, 0.29) is 18.1 Å². The molecule has 1 rings (SSSR count). The Bertz CT molecular complexity index is 402. The molecule has 0 aromatic carbocycles. The van der Waals surface area contributed by atoms with Gasteiger partial charge in [-0.1, -0.05) is 0 Å². The van der Waals surface area contributed by atoms with Gasteiger partial charge in [0.2, 0.25) is 0 Å². The lowest BCUT2D eigenvalue weighted by Gasteiger charge is -2.09. The van der Waals surface area contributed by atoms with Crippen LogP contribution in [0, 0.1) is 11.3 Å². The summed E-state index contributed by atoms with van der Waals surface area (Å²) in [4.78, 5) is 11.3. The highest BCUT2D eigenvalue weighted by Crippen LogP contribution is 2.01. The van der Waals surface area contributed by atoms with Crippen LogP contribution in [0.3, 0.4) is 0 Å². The van der Waals surface area contributed by atoms with Crippen LogP contribution < -0.4 is 10.9 Å². The van der Waals surface area contributed by atoms with Crippen LogP contribution in [-0.2, 0) is 6.54 Å². The van der Waals surface area contributed by atoms with Gasteiger partial charge in [0.15, 0.2) is 0 Å². The standard InChI is InChI=1S/C9H12N4O/c1-7(2)12-8-5-9(14)13(4-3-10)11-6-8/h5-7,12H,4H2,1-2H3. The molecule has 74 valence electrons. The molecule has 14 heavy (non-hydrogen) atoms. The maximum absolute atomic E-state index is 11.3. The molecular formula is C9H12N4O. The molecule has 0 saturated heterocycles. The summed E-state index contributed by atoms with van der Waals surface area (Å²) in [6, 6.07) is 3.55. The smallest absolute Gasteiger partial charge is 0.269 e. The molecule has 0 unspecified atom stereocenters. The Balaban J connectivity index is 2.90. The van der Waals surface area contributed by atoms with Crippen molar-refractivity contribution in [2.24, 2.45) is 0 Å². The Labute approximate surface area is 82.0 Å². The van der Waals surface area contributed by atoms with Gasteiger partial charge in [-0.2, -0.15) is 10.4 Å². The van der Waals surface area contributed by atoms with Gasteiger partial charge in [-0.15, -0.1) is 0 Å². The third-order valence-electron chi connectivity index (χ3n) is 1.55. The van der Waals surface area contributed by atoms with Gasteiger partial charge in [-0.3, -0.25) is 4.79 Å². The highest BCUT2D eigenvalue weighted by Gasteiger charge is 2.00. The Morgan fingerprint density at radius 1 is 1.71 bits per heavy atom. The topological polar surface area (TPSA) is 70.7 Å². The van der Waals surface area contributed by atoms with E-state index in [1.165, 1.54) is 6.07 Å². The van der Waals surface area contributed by atoms with Gasteiger partial charge in [-0.25, -0.2) is 4.68 Å². The van der Waals surface area contributed by atoms with E-state index in [4.69, 9.17) is 5.26 Å². The molecule has 0 saturated carbocycles. The van der Waals surface area contributed by atoms with E-state index in [9.17, 15) is 4.79 Å². The van der Waals surface area contributed by atoms with Crippen molar-refractivity contribution in [3.63, 3.8) is 0 Å². The van der Waals surface area contributed by atoms with Gasteiger partial charge in [-0.05, 0) is 13.8 Å². The molecule has 0 aliphatic heterocycles. The second-order valence-electron chi connectivity index (χ2n) is 3.20. The summed E-state index contributed by atoms with van der Waals surface area (Å²) in [6.07, 6.45) is 1.54. The summed E-state index contributed by atoms with van der Waals surface area (Å²) >= 11 is 0. The molecule has 1 aromatic heterocycles. The molecule has 1 N–H and O–H groups in total. The second-order valence-corrected chi connectivity index (χ2v) is 3.20. The van der Waals surface area contributed by atoms with Crippen LogP contribution in [0.2, 0.25) is 0 Å². The van der Waals surface area contributed by atoms with Crippen LogP contribution in [0.15, 0.2) is 17.1 Å². The molecule has 0 spiro atoms. The quantitative estimate of drug-likeness (QED) is 0.760. The fraction of sp³-hybridized carbons (Fsp3) is 0.444. The first-order chi connectivity index (χ1) is 6.63. The molecule has 5 heteroatoms. The molecule has 0 amide bonds. The molecule has 0 bridgehead atoms. The van der Waals surface area contributed by atoms with Crippen molar-refractivity contribution in [3.8, 4) is 6.07 Å². The van der Waals surface area contributed by atoms with Crippen LogP contribution in [0.25, 0.3) is 0 Å². The first-order valence-corrected chi connectivity index (χ1v) is 4.34. The fourth-order valence-electron chi connectivity index (χ4n) is 1.03. The van der Waals surface area contributed by atoms with Crippen molar-refractivity contribution in [3.05, 3.63) is 22.6 Å². The number of nitrogens with one attached hydrogen (secondary N) is 1.